The van der Waals surface area contributed by atoms with E-state index < -0.39 is 0 Å². The lowest BCUT2D eigenvalue weighted by molar-refractivity contribution is -0.132. The molecule has 0 N–H and O–H groups in total. The lowest BCUT2D eigenvalue weighted by Gasteiger charge is -2.34. The van der Waals surface area contributed by atoms with E-state index in [1.807, 2.05) is 23.1 Å². The average Bonchev–Trinajstić information content (AvgIpc) is 2.78. The molecule has 2 aliphatic rings. The molecule has 0 unspecified atom stereocenters. The van der Waals surface area contributed by atoms with E-state index in [2.05, 4.69) is 17.0 Å². The van der Waals surface area contributed by atoms with Crippen LogP contribution in [0.3, 0.4) is 0 Å². The molecule has 0 aliphatic carbocycles. The predicted molar refractivity (Wildman–Crippen MR) is 109 cm³/mol. The van der Waals surface area contributed by atoms with Crippen LogP contribution in [0.2, 0.25) is 0 Å². The summed E-state index contributed by atoms with van der Waals surface area (Å²) in [5.74, 6) is 1.27. The molecule has 2 aliphatic heterocycles. The number of nitrogens with zero attached hydrogens (tertiary/aromatic N) is 2. The second-order valence-corrected chi connectivity index (χ2v) is 7.42. The third-order valence-corrected chi connectivity index (χ3v) is 5.40. The minimum absolute atomic E-state index is 0.0435. The Hall–Kier alpha value is -2.86. The van der Waals surface area contributed by atoms with Crippen molar-refractivity contribution in [3.8, 4) is 11.5 Å². The molecule has 1 amide bonds. The second kappa shape index (κ2) is 9.09. The summed E-state index contributed by atoms with van der Waals surface area (Å²) in [5.41, 5.74) is 1.85. The number of amides is 1. The maximum Gasteiger partial charge on any atom is 0.223 e. The molecule has 1 fully saturated rings. The summed E-state index contributed by atoms with van der Waals surface area (Å²) in [6.45, 7) is 5.06. The van der Waals surface area contributed by atoms with E-state index in [1.54, 1.807) is 18.2 Å². The molecule has 2 aromatic carbocycles. The number of carbonyl (C=O) groups excluding carboxylic acids is 2. The van der Waals surface area contributed by atoms with Gasteiger partial charge in [0, 0.05) is 51.1 Å². The van der Waals surface area contributed by atoms with Crippen molar-refractivity contribution in [3.63, 3.8) is 0 Å². The first-order chi connectivity index (χ1) is 14.2. The fourth-order valence-electron chi connectivity index (χ4n) is 3.74. The number of Topliss-reactive ketones (excluding diaryl/α,β-unsaturated/α-hetero) is 1. The fraction of sp³-hybridized carbons (Fsp3) is 0.391. The molecule has 0 atom stereocenters. The quantitative estimate of drug-likeness (QED) is 0.705. The Morgan fingerprint density at radius 3 is 2.31 bits per heavy atom. The summed E-state index contributed by atoms with van der Waals surface area (Å²) in [4.78, 5) is 29.3. The van der Waals surface area contributed by atoms with E-state index in [0.717, 1.165) is 19.6 Å². The Kier molecular flexibility index (Phi) is 6.10. The van der Waals surface area contributed by atoms with Crippen molar-refractivity contribution in [2.24, 2.45) is 0 Å². The minimum atomic E-state index is -0.0435. The zero-order chi connectivity index (χ0) is 20.1. The topological polar surface area (TPSA) is 59.1 Å². The molecule has 4 rings (SSSR count). The van der Waals surface area contributed by atoms with Gasteiger partial charge in [-0.1, -0.05) is 30.3 Å². The summed E-state index contributed by atoms with van der Waals surface area (Å²) in [5, 5.41) is 0. The highest BCUT2D eigenvalue weighted by Gasteiger charge is 2.22. The van der Waals surface area contributed by atoms with E-state index in [0.29, 0.717) is 43.4 Å². The number of benzene rings is 2. The second-order valence-electron chi connectivity index (χ2n) is 7.42. The minimum Gasteiger partial charge on any atom is -0.486 e. The molecule has 2 heterocycles. The number of piperazine rings is 1. The largest absolute Gasteiger partial charge is 0.486 e. The molecule has 0 spiro atoms. The first-order valence-corrected chi connectivity index (χ1v) is 10.2. The molecule has 1 saturated heterocycles. The average molecular weight is 394 g/mol. The Bertz CT molecular complexity index is 860. The lowest BCUT2D eigenvalue weighted by Crippen LogP contribution is -2.48. The van der Waals surface area contributed by atoms with Crippen molar-refractivity contribution in [1.82, 2.24) is 9.80 Å². The van der Waals surface area contributed by atoms with Crippen LogP contribution in [-0.4, -0.2) is 60.9 Å². The van der Waals surface area contributed by atoms with Crippen LogP contribution in [-0.2, 0) is 11.3 Å². The monoisotopic (exact) mass is 394 g/mol. The summed E-state index contributed by atoms with van der Waals surface area (Å²) in [6, 6.07) is 15.6. The summed E-state index contributed by atoms with van der Waals surface area (Å²) in [6.07, 6.45) is 0.453. The van der Waals surface area contributed by atoms with Crippen molar-refractivity contribution >= 4 is 11.7 Å². The third kappa shape index (κ3) is 4.95. The van der Waals surface area contributed by atoms with Crippen LogP contribution >= 0.6 is 0 Å². The van der Waals surface area contributed by atoms with E-state index in [1.165, 1.54) is 5.56 Å². The van der Waals surface area contributed by atoms with Gasteiger partial charge >= 0.3 is 0 Å². The van der Waals surface area contributed by atoms with E-state index in [-0.39, 0.29) is 24.5 Å². The molecule has 0 aromatic heterocycles. The summed E-state index contributed by atoms with van der Waals surface area (Å²) >= 11 is 0. The summed E-state index contributed by atoms with van der Waals surface area (Å²) < 4.78 is 11.0. The van der Waals surface area contributed by atoms with Gasteiger partial charge < -0.3 is 14.4 Å². The van der Waals surface area contributed by atoms with Crippen LogP contribution in [0.5, 0.6) is 11.5 Å². The van der Waals surface area contributed by atoms with Crippen molar-refractivity contribution in [2.45, 2.75) is 19.4 Å². The zero-order valence-electron chi connectivity index (χ0n) is 16.5. The molecule has 29 heavy (non-hydrogen) atoms. The van der Waals surface area contributed by atoms with Gasteiger partial charge in [-0.2, -0.15) is 0 Å². The predicted octanol–water partition coefficient (Wildman–Crippen LogP) is 2.77. The lowest BCUT2D eigenvalue weighted by atomic mass is 10.1. The number of rotatable bonds is 6. The van der Waals surface area contributed by atoms with Gasteiger partial charge in [0.1, 0.15) is 13.2 Å². The van der Waals surface area contributed by atoms with Crippen molar-refractivity contribution in [2.75, 3.05) is 39.4 Å². The number of ketones is 1. The molecule has 6 heteroatoms. The zero-order valence-corrected chi connectivity index (χ0v) is 16.5. The van der Waals surface area contributed by atoms with E-state index >= 15 is 0 Å². The SMILES string of the molecule is O=C(CCC(=O)N1CCN(Cc2ccccc2)CC1)c1ccc2c(c1)OCCO2. The van der Waals surface area contributed by atoms with Crippen LogP contribution in [0.25, 0.3) is 0 Å². The van der Waals surface area contributed by atoms with Gasteiger partial charge in [-0.3, -0.25) is 14.5 Å². The molecule has 6 nitrogen and oxygen atoms in total. The molecular weight excluding hydrogens is 368 g/mol. The number of hydrogen-bond acceptors (Lipinski definition) is 5. The Morgan fingerprint density at radius 2 is 1.55 bits per heavy atom. The first kappa shape index (κ1) is 19.5. The molecular formula is C23H26N2O4. The van der Waals surface area contributed by atoms with Crippen LogP contribution < -0.4 is 9.47 Å². The highest BCUT2D eigenvalue weighted by atomic mass is 16.6. The molecule has 0 bridgehead atoms. The number of carbonyl (C=O) groups is 2. The van der Waals surface area contributed by atoms with Gasteiger partial charge in [0.25, 0.3) is 0 Å². The van der Waals surface area contributed by atoms with E-state index in [4.69, 9.17) is 9.47 Å². The van der Waals surface area contributed by atoms with Gasteiger partial charge in [0.15, 0.2) is 17.3 Å². The standard InChI is InChI=1S/C23H26N2O4/c26-20(19-6-8-21-22(16-19)29-15-14-28-21)7-9-23(27)25-12-10-24(11-13-25)17-18-4-2-1-3-5-18/h1-6,8,16H,7,9-15,17H2. The van der Waals surface area contributed by atoms with Crippen molar-refractivity contribution in [3.05, 3.63) is 59.7 Å². The third-order valence-electron chi connectivity index (χ3n) is 5.40. The number of fused-ring (bicyclic) bond motifs is 1. The Labute approximate surface area is 171 Å². The smallest absolute Gasteiger partial charge is 0.223 e. The molecule has 0 radical (unpaired) electrons. The van der Waals surface area contributed by atoms with Gasteiger partial charge in [-0.15, -0.1) is 0 Å². The maximum absolute atomic E-state index is 12.5. The van der Waals surface area contributed by atoms with Crippen LogP contribution in [0, 0.1) is 0 Å². The highest BCUT2D eigenvalue weighted by Crippen LogP contribution is 2.31. The van der Waals surface area contributed by atoms with Gasteiger partial charge in [0.05, 0.1) is 0 Å². The molecule has 0 saturated carbocycles. The fourth-order valence-corrected chi connectivity index (χ4v) is 3.74. The van der Waals surface area contributed by atoms with Crippen LogP contribution in [0.1, 0.15) is 28.8 Å². The summed E-state index contributed by atoms with van der Waals surface area (Å²) in [7, 11) is 0. The van der Waals surface area contributed by atoms with Gasteiger partial charge in [-0.05, 0) is 23.8 Å². The Balaban J connectivity index is 1.23. The van der Waals surface area contributed by atoms with Gasteiger partial charge in [0.2, 0.25) is 5.91 Å². The van der Waals surface area contributed by atoms with Crippen molar-refractivity contribution < 1.29 is 19.1 Å². The van der Waals surface area contributed by atoms with Gasteiger partial charge in [-0.25, -0.2) is 0 Å². The first-order valence-electron chi connectivity index (χ1n) is 10.2. The molecule has 152 valence electrons. The molecule has 2 aromatic rings. The van der Waals surface area contributed by atoms with Crippen LogP contribution in [0.4, 0.5) is 0 Å². The number of hydrogen-bond donors (Lipinski definition) is 0. The highest BCUT2D eigenvalue weighted by molar-refractivity contribution is 5.98. The normalized spacial score (nSPS) is 16.5. The van der Waals surface area contributed by atoms with E-state index in [9.17, 15) is 9.59 Å². The maximum atomic E-state index is 12.5. The van der Waals surface area contributed by atoms with Crippen LogP contribution in [0.15, 0.2) is 48.5 Å². The Morgan fingerprint density at radius 1 is 0.828 bits per heavy atom. The van der Waals surface area contributed by atoms with Crippen molar-refractivity contribution in [1.29, 1.82) is 0 Å². The number of ether oxygens (including phenoxy) is 2.